The topological polar surface area (TPSA) is 66.4 Å². The molecule has 0 aliphatic heterocycles. The third kappa shape index (κ3) is 2.52. The number of aliphatic carboxylic acids is 1. The molecule has 0 radical (unpaired) electrons. The molecule has 18 heavy (non-hydrogen) atoms. The van der Waals surface area contributed by atoms with Gasteiger partial charge in [-0.05, 0) is 56.8 Å². The van der Waals surface area contributed by atoms with E-state index in [-0.39, 0.29) is 17.7 Å². The van der Waals surface area contributed by atoms with Crippen LogP contribution in [0.5, 0.6) is 0 Å². The van der Waals surface area contributed by atoms with Gasteiger partial charge >= 0.3 is 5.97 Å². The number of nitrogens with one attached hydrogen (secondary N) is 1. The average molecular weight is 251 g/mol. The summed E-state index contributed by atoms with van der Waals surface area (Å²) >= 11 is 0. The Hall–Kier alpha value is -1.06. The number of carboxylic acid groups (broad SMARTS) is 1. The molecule has 3 fully saturated rings. The molecule has 0 aromatic carbocycles. The van der Waals surface area contributed by atoms with Gasteiger partial charge < -0.3 is 10.4 Å². The molecule has 3 aliphatic rings. The van der Waals surface area contributed by atoms with E-state index in [2.05, 4.69) is 5.32 Å². The molecule has 2 atom stereocenters. The van der Waals surface area contributed by atoms with E-state index in [0.717, 1.165) is 6.42 Å². The summed E-state index contributed by atoms with van der Waals surface area (Å²) in [5.74, 6) is 0.414. The zero-order valence-electron chi connectivity index (χ0n) is 10.6. The molecule has 0 heterocycles. The molecule has 4 heteroatoms. The summed E-state index contributed by atoms with van der Waals surface area (Å²) in [6.45, 7) is 0. The van der Waals surface area contributed by atoms with E-state index >= 15 is 0 Å². The lowest BCUT2D eigenvalue weighted by atomic mass is 10.0. The first-order valence-corrected chi connectivity index (χ1v) is 7.18. The quantitative estimate of drug-likeness (QED) is 0.783. The first-order chi connectivity index (χ1) is 8.65. The van der Waals surface area contributed by atoms with E-state index in [9.17, 15) is 9.59 Å². The van der Waals surface area contributed by atoms with Crippen molar-refractivity contribution < 1.29 is 14.7 Å². The lowest BCUT2D eigenvalue weighted by molar-refractivity contribution is -0.141. The normalized spacial score (nSPS) is 31.6. The number of carbonyl (C=O) groups excluding carboxylic acids is 1. The fourth-order valence-electron chi connectivity index (χ4n) is 3.26. The van der Waals surface area contributed by atoms with E-state index in [1.54, 1.807) is 0 Å². The van der Waals surface area contributed by atoms with Crippen LogP contribution >= 0.6 is 0 Å². The van der Waals surface area contributed by atoms with Crippen LogP contribution in [-0.4, -0.2) is 23.0 Å². The van der Waals surface area contributed by atoms with E-state index in [1.807, 2.05) is 0 Å². The minimum Gasteiger partial charge on any atom is -0.481 e. The minimum absolute atomic E-state index is 0.0638. The molecule has 0 saturated heterocycles. The van der Waals surface area contributed by atoms with Gasteiger partial charge in [0.1, 0.15) is 0 Å². The third-order valence-corrected chi connectivity index (χ3v) is 4.72. The Morgan fingerprint density at radius 3 is 1.94 bits per heavy atom. The van der Waals surface area contributed by atoms with Crippen molar-refractivity contribution in [1.29, 1.82) is 0 Å². The third-order valence-electron chi connectivity index (χ3n) is 4.72. The minimum atomic E-state index is -0.744. The van der Waals surface area contributed by atoms with Gasteiger partial charge in [-0.15, -0.1) is 0 Å². The summed E-state index contributed by atoms with van der Waals surface area (Å²) in [4.78, 5) is 23.1. The summed E-state index contributed by atoms with van der Waals surface area (Å²) in [7, 11) is 0. The standard InChI is InChI=1S/C14H21NO3/c16-13(10-5-6-11(7-10)14(17)18)15-12(8-1-2-8)9-3-4-9/h8-12H,1-7H2,(H,15,16)(H,17,18). The molecule has 0 aromatic heterocycles. The van der Waals surface area contributed by atoms with Crippen LogP contribution in [0.1, 0.15) is 44.9 Å². The van der Waals surface area contributed by atoms with Crippen molar-refractivity contribution in [2.24, 2.45) is 23.7 Å². The van der Waals surface area contributed by atoms with Gasteiger partial charge in [0.05, 0.1) is 5.92 Å². The Balaban J connectivity index is 1.53. The second kappa shape index (κ2) is 4.56. The van der Waals surface area contributed by atoms with Crippen molar-refractivity contribution in [1.82, 2.24) is 5.32 Å². The van der Waals surface area contributed by atoms with Gasteiger partial charge in [-0.2, -0.15) is 0 Å². The number of hydrogen-bond donors (Lipinski definition) is 2. The maximum Gasteiger partial charge on any atom is 0.306 e. The summed E-state index contributed by atoms with van der Waals surface area (Å²) in [5.41, 5.74) is 0. The molecule has 2 unspecified atom stereocenters. The van der Waals surface area contributed by atoms with Crippen molar-refractivity contribution in [3.8, 4) is 0 Å². The fourth-order valence-corrected chi connectivity index (χ4v) is 3.26. The molecule has 0 aromatic rings. The number of carboxylic acids is 1. The maximum atomic E-state index is 12.2. The van der Waals surface area contributed by atoms with E-state index in [4.69, 9.17) is 5.11 Å². The Bertz CT molecular complexity index is 348. The summed E-state index contributed by atoms with van der Waals surface area (Å²) in [5, 5.41) is 12.2. The zero-order valence-corrected chi connectivity index (χ0v) is 10.6. The van der Waals surface area contributed by atoms with Crippen LogP contribution in [0.15, 0.2) is 0 Å². The second-order valence-corrected chi connectivity index (χ2v) is 6.25. The van der Waals surface area contributed by atoms with E-state index in [0.29, 0.717) is 30.7 Å². The van der Waals surface area contributed by atoms with Crippen LogP contribution in [0.3, 0.4) is 0 Å². The van der Waals surface area contributed by atoms with Crippen LogP contribution in [0, 0.1) is 23.7 Å². The SMILES string of the molecule is O=C(O)C1CCC(C(=O)NC(C2CC2)C2CC2)C1. The molecule has 0 bridgehead atoms. The predicted molar refractivity (Wildman–Crippen MR) is 65.8 cm³/mol. The van der Waals surface area contributed by atoms with Gasteiger partial charge in [-0.1, -0.05) is 0 Å². The summed E-state index contributed by atoms with van der Waals surface area (Å²) in [6.07, 6.45) is 6.94. The first kappa shape index (κ1) is 12.0. The molecule has 3 aliphatic carbocycles. The second-order valence-electron chi connectivity index (χ2n) is 6.25. The van der Waals surface area contributed by atoms with Crippen LogP contribution in [0.2, 0.25) is 0 Å². The van der Waals surface area contributed by atoms with Crippen molar-refractivity contribution in [3.63, 3.8) is 0 Å². The Labute approximate surface area is 107 Å². The number of hydrogen-bond acceptors (Lipinski definition) is 2. The van der Waals surface area contributed by atoms with E-state index < -0.39 is 5.97 Å². The molecule has 0 spiro atoms. The molecule has 3 rings (SSSR count). The lowest BCUT2D eigenvalue weighted by Crippen LogP contribution is -2.41. The highest BCUT2D eigenvalue weighted by molar-refractivity contribution is 5.81. The van der Waals surface area contributed by atoms with Gasteiger partial charge in [0.2, 0.25) is 5.91 Å². The van der Waals surface area contributed by atoms with Crippen molar-refractivity contribution in [2.45, 2.75) is 51.0 Å². The van der Waals surface area contributed by atoms with Crippen LogP contribution < -0.4 is 5.32 Å². The van der Waals surface area contributed by atoms with Crippen LogP contribution in [0.25, 0.3) is 0 Å². The van der Waals surface area contributed by atoms with Crippen LogP contribution in [-0.2, 0) is 9.59 Å². The Kier molecular flexibility index (Phi) is 3.04. The monoisotopic (exact) mass is 251 g/mol. The largest absolute Gasteiger partial charge is 0.481 e. The first-order valence-electron chi connectivity index (χ1n) is 7.18. The van der Waals surface area contributed by atoms with Gasteiger partial charge in [0.15, 0.2) is 0 Å². The van der Waals surface area contributed by atoms with Crippen molar-refractivity contribution in [3.05, 3.63) is 0 Å². The molecule has 2 N–H and O–H groups in total. The average Bonchev–Trinajstić information content (AvgIpc) is 3.24. The summed E-state index contributed by atoms with van der Waals surface area (Å²) < 4.78 is 0. The van der Waals surface area contributed by atoms with Gasteiger partial charge in [0.25, 0.3) is 0 Å². The number of rotatable bonds is 5. The lowest BCUT2D eigenvalue weighted by Gasteiger charge is -2.20. The van der Waals surface area contributed by atoms with Gasteiger partial charge in [0, 0.05) is 12.0 Å². The Morgan fingerprint density at radius 2 is 1.50 bits per heavy atom. The van der Waals surface area contributed by atoms with Crippen molar-refractivity contribution in [2.75, 3.05) is 0 Å². The van der Waals surface area contributed by atoms with Crippen LogP contribution in [0.4, 0.5) is 0 Å². The zero-order chi connectivity index (χ0) is 12.7. The smallest absolute Gasteiger partial charge is 0.306 e. The fraction of sp³-hybridized carbons (Fsp3) is 0.857. The molecule has 3 saturated carbocycles. The highest BCUT2D eigenvalue weighted by atomic mass is 16.4. The highest BCUT2D eigenvalue weighted by Gasteiger charge is 2.43. The van der Waals surface area contributed by atoms with Crippen molar-refractivity contribution >= 4 is 11.9 Å². The summed E-state index contributed by atoms with van der Waals surface area (Å²) in [6, 6.07) is 0.390. The number of carbonyl (C=O) groups is 2. The molecule has 1 amide bonds. The molecule has 100 valence electrons. The maximum absolute atomic E-state index is 12.2. The van der Waals surface area contributed by atoms with Gasteiger partial charge in [-0.3, -0.25) is 9.59 Å². The number of amides is 1. The highest BCUT2D eigenvalue weighted by Crippen LogP contribution is 2.45. The molecular formula is C14H21NO3. The Morgan fingerprint density at radius 1 is 0.944 bits per heavy atom. The van der Waals surface area contributed by atoms with E-state index in [1.165, 1.54) is 25.7 Å². The van der Waals surface area contributed by atoms with Gasteiger partial charge in [-0.25, -0.2) is 0 Å². The molecular weight excluding hydrogens is 230 g/mol. The predicted octanol–water partition coefficient (Wildman–Crippen LogP) is 1.79. The molecule has 4 nitrogen and oxygen atoms in total.